The predicted molar refractivity (Wildman–Crippen MR) is 76.3 cm³/mol. The van der Waals surface area contributed by atoms with Crippen molar-refractivity contribution in [1.82, 2.24) is 0 Å². The molecule has 19 heavy (non-hydrogen) atoms. The van der Waals surface area contributed by atoms with Crippen molar-refractivity contribution < 1.29 is 14.3 Å². The summed E-state index contributed by atoms with van der Waals surface area (Å²) in [6.07, 6.45) is 0. The number of ether oxygens (including phenoxy) is 2. The maximum Gasteiger partial charge on any atom is 0.338 e. The lowest BCUT2D eigenvalue weighted by Crippen LogP contribution is -2.11. The second-order valence-corrected chi connectivity index (χ2v) is 4.99. The molecule has 0 aliphatic rings. The molecule has 104 valence electrons. The summed E-state index contributed by atoms with van der Waals surface area (Å²) in [7, 11) is 0. The monoisotopic (exact) mass is 263 g/mol. The molecule has 0 unspecified atom stereocenters. The van der Waals surface area contributed by atoms with Crippen LogP contribution in [0.3, 0.4) is 0 Å². The summed E-state index contributed by atoms with van der Waals surface area (Å²) in [5.74, 6) is 0.481. The Morgan fingerprint density at radius 3 is 2.63 bits per heavy atom. The molecule has 1 rings (SSSR count). The molecule has 0 radical (unpaired) electrons. The molecule has 4 heteroatoms. The lowest BCUT2D eigenvalue weighted by atomic mass is 10.2. The molecule has 0 amide bonds. The van der Waals surface area contributed by atoms with Crippen LogP contribution in [-0.4, -0.2) is 19.2 Å². The highest BCUT2D eigenvalue weighted by atomic mass is 16.5. The Kier molecular flexibility index (Phi) is 5.42. The fourth-order valence-electron chi connectivity index (χ4n) is 1.33. The molecule has 0 heterocycles. The minimum absolute atomic E-state index is 0.305. The number of rotatable bonds is 6. The molecule has 2 N–H and O–H groups in total. The first-order valence-electron chi connectivity index (χ1n) is 6.24. The van der Waals surface area contributed by atoms with Crippen LogP contribution in [0.4, 0.5) is 5.69 Å². The van der Waals surface area contributed by atoms with E-state index in [-0.39, 0.29) is 5.97 Å². The van der Waals surface area contributed by atoms with Gasteiger partial charge in [0, 0.05) is 0 Å². The van der Waals surface area contributed by atoms with Gasteiger partial charge in [-0.05, 0) is 36.6 Å². The number of benzene rings is 1. The van der Waals surface area contributed by atoms with E-state index >= 15 is 0 Å². The van der Waals surface area contributed by atoms with Gasteiger partial charge in [-0.15, -0.1) is 0 Å². The number of nitrogens with two attached hydrogens (primary N) is 1. The SMILES string of the molecule is C=C(C)COc1ccc(C(=O)OCC(C)C)cc1N. The summed E-state index contributed by atoms with van der Waals surface area (Å²) in [6, 6.07) is 4.88. The van der Waals surface area contributed by atoms with Gasteiger partial charge in [-0.25, -0.2) is 4.79 Å². The normalized spacial score (nSPS) is 10.3. The predicted octanol–water partition coefficient (Wildman–Crippen LogP) is 3.04. The maximum atomic E-state index is 11.7. The van der Waals surface area contributed by atoms with Gasteiger partial charge in [-0.3, -0.25) is 0 Å². The highest BCUT2D eigenvalue weighted by Crippen LogP contribution is 2.23. The molecular weight excluding hydrogens is 242 g/mol. The van der Waals surface area contributed by atoms with E-state index in [1.807, 2.05) is 20.8 Å². The molecule has 0 aromatic heterocycles. The van der Waals surface area contributed by atoms with Crippen molar-refractivity contribution in [1.29, 1.82) is 0 Å². The van der Waals surface area contributed by atoms with Crippen LogP contribution in [0.2, 0.25) is 0 Å². The van der Waals surface area contributed by atoms with Gasteiger partial charge in [0.15, 0.2) is 0 Å². The van der Waals surface area contributed by atoms with E-state index in [1.54, 1.807) is 18.2 Å². The van der Waals surface area contributed by atoms with Crippen LogP contribution in [0.15, 0.2) is 30.4 Å². The van der Waals surface area contributed by atoms with Gasteiger partial charge in [-0.1, -0.05) is 20.4 Å². The number of hydrogen-bond acceptors (Lipinski definition) is 4. The van der Waals surface area contributed by atoms with Crippen molar-refractivity contribution in [3.8, 4) is 5.75 Å². The summed E-state index contributed by atoms with van der Waals surface area (Å²) in [6.45, 7) is 10.4. The second kappa shape index (κ2) is 6.83. The highest BCUT2D eigenvalue weighted by molar-refractivity contribution is 5.91. The molecule has 0 fully saturated rings. The van der Waals surface area contributed by atoms with E-state index in [2.05, 4.69) is 6.58 Å². The van der Waals surface area contributed by atoms with Gasteiger partial charge < -0.3 is 15.2 Å². The first kappa shape index (κ1) is 15.1. The average molecular weight is 263 g/mol. The molecule has 1 aromatic rings. The van der Waals surface area contributed by atoms with Gasteiger partial charge in [0.2, 0.25) is 0 Å². The Labute approximate surface area is 114 Å². The first-order valence-corrected chi connectivity index (χ1v) is 6.24. The average Bonchev–Trinajstić information content (AvgIpc) is 2.34. The summed E-state index contributed by atoms with van der Waals surface area (Å²) in [5, 5.41) is 0. The van der Waals surface area contributed by atoms with Crippen LogP contribution in [0.25, 0.3) is 0 Å². The third-order valence-corrected chi connectivity index (χ3v) is 2.27. The topological polar surface area (TPSA) is 61.5 Å². The quantitative estimate of drug-likeness (QED) is 0.487. The van der Waals surface area contributed by atoms with E-state index in [9.17, 15) is 4.79 Å². The molecule has 0 bridgehead atoms. The Bertz CT molecular complexity index is 466. The van der Waals surface area contributed by atoms with Crippen LogP contribution in [-0.2, 0) is 4.74 Å². The fraction of sp³-hybridized carbons (Fsp3) is 0.400. The maximum absolute atomic E-state index is 11.7. The van der Waals surface area contributed by atoms with Crippen LogP contribution in [0.5, 0.6) is 5.75 Å². The summed E-state index contributed by atoms with van der Waals surface area (Å²) >= 11 is 0. The van der Waals surface area contributed by atoms with E-state index in [4.69, 9.17) is 15.2 Å². The molecule has 0 aliphatic carbocycles. The summed E-state index contributed by atoms with van der Waals surface area (Å²) in [4.78, 5) is 11.7. The number of esters is 1. The zero-order chi connectivity index (χ0) is 14.4. The van der Waals surface area contributed by atoms with E-state index < -0.39 is 0 Å². The van der Waals surface area contributed by atoms with Gasteiger partial charge in [0.05, 0.1) is 17.9 Å². The highest BCUT2D eigenvalue weighted by Gasteiger charge is 2.11. The first-order chi connectivity index (χ1) is 8.90. The van der Waals surface area contributed by atoms with Crippen LogP contribution < -0.4 is 10.5 Å². The minimum Gasteiger partial charge on any atom is -0.487 e. The molecule has 0 saturated carbocycles. The second-order valence-electron chi connectivity index (χ2n) is 4.99. The third kappa shape index (κ3) is 5.04. The number of carbonyl (C=O) groups is 1. The molecular formula is C15H21NO3. The van der Waals surface area contributed by atoms with E-state index in [1.165, 1.54) is 0 Å². The standard InChI is InChI=1S/C15H21NO3/c1-10(2)8-18-14-6-5-12(7-13(14)16)15(17)19-9-11(3)4/h5-7,11H,1,8-9,16H2,2-4H3. The van der Waals surface area contributed by atoms with Crippen molar-refractivity contribution in [2.75, 3.05) is 18.9 Å². The van der Waals surface area contributed by atoms with Crippen molar-refractivity contribution in [3.05, 3.63) is 35.9 Å². The lowest BCUT2D eigenvalue weighted by molar-refractivity contribution is 0.0459. The third-order valence-electron chi connectivity index (χ3n) is 2.27. The Hall–Kier alpha value is -1.97. The largest absolute Gasteiger partial charge is 0.487 e. The van der Waals surface area contributed by atoms with Crippen molar-refractivity contribution in [2.45, 2.75) is 20.8 Å². The smallest absolute Gasteiger partial charge is 0.338 e. The Morgan fingerprint density at radius 2 is 2.11 bits per heavy atom. The lowest BCUT2D eigenvalue weighted by Gasteiger charge is -2.11. The number of carbonyl (C=O) groups excluding carboxylic acids is 1. The van der Waals surface area contributed by atoms with E-state index in [0.717, 1.165) is 5.57 Å². The fourth-order valence-corrected chi connectivity index (χ4v) is 1.33. The zero-order valence-electron chi connectivity index (χ0n) is 11.7. The zero-order valence-corrected chi connectivity index (χ0v) is 11.7. The Balaban J connectivity index is 2.70. The van der Waals surface area contributed by atoms with Crippen LogP contribution >= 0.6 is 0 Å². The van der Waals surface area contributed by atoms with Gasteiger partial charge in [0.1, 0.15) is 12.4 Å². The number of hydrogen-bond donors (Lipinski definition) is 1. The van der Waals surface area contributed by atoms with Crippen molar-refractivity contribution in [2.24, 2.45) is 5.92 Å². The molecule has 1 aromatic carbocycles. The van der Waals surface area contributed by atoms with Crippen molar-refractivity contribution >= 4 is 11.7 Å². The van der Waals surface area contributed by atoms with Gasteiger partial charge >= 0.3 is 5.97 Å². The minimum atomic E-state index is -0.369. The molecule has 0 saturated heterocycles. The summed E-state index contributed by atoms with van der Waals surface area (Å²) < 4.78 is 10.6. The van der Waals surface area contributed by atoms with Crippen LogP contribution in [0.1, 0.15) is 31.1 Å². The van der Waals surface area contributed by atoms with Crippen molar-refractivity contribution in [3.63, 3.8) is 0 Å². The molecule has 4 nitrogen and oxygen atoms in total. The molecule has 0 atom stereocenters. The van der Waals surface area contributed by atoms with E-state index in [0.29, 0.717) is 36.1 Å². The molecule has 0 spiro atoms. The molecule has 0 aliphatic heterocycles. The van der Waals surface area contributed by atoms with Gasteiger partial charge in [-0.2, -0.15) is 0 Å². The summed E-state index contributed by atoms with van der Waals surface area (Å²) in [5.41, 5.74) is 7.59. The van der Waals surface area contributed by atoms with Gasteiger partial charge in [0.25, 0.3) is 0 Å². The number of anilines is 1. The van der Waals surface area contributed by atoms with Crippen LogP contribution in [0, 0.1) is 5.92 Å². The number of nitrogen functional groups attached to an aromatic ring is 1. The Morgan fingerprint density at radius 1 is 1.42 bits per heavy atom.